The van der Waals surface area contributed by atoms with Crippen LogP contribution < -0.4 is 5.32 Å². The molecule has 0 bridgehead atoms. The number of nitrogens with zero attached hydrogens (tertiary/aromatic N) is 1. The number of carbonyl (C=O) groups is 2. The van der Waals surface area contributed by atoms with Gasteiger partial charge in [-0.1, -0.05) is 6.92 Å². The smallest absolute Gasteiger partial charge is 0.228 e. The van der Waals surface area contributed by atoms with Crippen molar-refractivity contribution in [2.75, 3.05) is 20.6 Å². The van der Waals surface area contributed by atoms with E-state index in [-0.39, 0.29) is 11.8 Å². The second kappa shape index (κ2) is 3.36. The lowest BCUT2D eigenvalue weighted by Crippen LogP contribution is -2.47. The van der Waals surface area contributed by atoms with Gasteiger partial charge in [0.25, 0.3) is 0 Å². The Hall–Kier alpha value is -1.06. The minimum Gasteiger partial charge on any atom is -0.356 e. The molecule has 1 atom stereocenters. The molecule has 74 valence electrons. The SMILES string of the molecule is CN(C)C(=O)C1(C)CCNC(=O)C1. The topological polar surface area (TPSA) is 49.4 Å². The Labute approximate surface area is 78.3 Å². The molecule has 0 aromatic carbocycles. The fraction of sp³-hybridized carbons (Fsp3) is 0.778. The molecule has 2 amide bonds. The molecule has 1 heterocycles. The van der Waals surface area contributed by atoms with Crippen molar-refractivity contribution in [3.8, 4) is 0 Å². The number of nitrogens with one attached hydrogen (secondary N) is 1. The molecule has 1 N–H and O–H groups in total. The van der Waals surface area contributed by atoms with Gasteiger partial charge >= 0.3 is 0 Å². The third-order valence-electron chi connectivity index (χ3n) is 2.47. The van der Waals surface area contributed by atoms with E-state index in [1.165, 1.54) is 0 Å². The van der Waals surface area contributed by atoms with Crippen LogP contribution in [0.5, 0.6) is 0 Å². The Morgan fingerprint density at radius 1 is 1.54 bits per heavy atom. The van der Waals surface area contributed by atoms with Gasteiger partial charge in [-0.15, -0.1) is 0 Å². The predicted octanol–water partition coefficient (Wildman–Crippen LogP) is -0.00910. The molecular formula is C9H16N2O2. The Morgan fingerprint density at radius 2 is 2.15 bits per heavy atom. The predicted molar refractivity (Wildman–Crippen MR) is 49.0 cm³/mol. The molecule has 0 spiro atoms. The summed E-state index contributed by atoms with van der Waals surface area (Å²) < 4.78 is 0. The van der Waals surface area contributed by atoms with Crippen molar-refractivity contribution < 1.29 is 9.59 Å². The first-order chi connectivity index (χ1) is 5.96. The molecule has 0 radical (unpaired) electrons. The molecule has 1 unspecified atom stereocenters. The summed E-state index contributed by atoms with van der Waals surface area (Å²) in [6.45, 7) is 2.46. The first-order valence-corrected chi connectivity index (χ1v) is 4.44. The maximum absolute atomic E-state index is 11.7. The van der Waals surface area contributed by atoms with E-state index in [0.717, 1.165) is 6.42 Å². The van der Waals surface area contributed by atoms with E-state index < -0.39 is 5.41 Å². The molecule has 1 aliphatic heterocycles. The molecule has 0 aromatic rings. The number of amides is 2. The highest BCUT2D eigenvalue weighted by atomic mass is 16.2. The minimum absolute atomic E-state index is 0.0241. The van der Waals surface area contributed by atoms with Gasteiger partial charge in [-0.05, 0) is 6.42 Å². The van der Waals surface area contributed by atoms with Crippen LogP contribution in [0.25, 0.3) is 0 Å². The molecule has 0 saturated carbocycles. The molecule has 0 aliphatic carbocycles. The maximum atomic E-state index is 11.7. The van der Waals surface area contributed by atoms with Gasteiger partial charge in [-0.2, -0.15) is 0 Å². The number of piperidine rings is 1. The monoisotopic (exact) mass is 184 g/mol. The van der Waals surface area contributed by atoms with Gasteiger partial charge in [0.05, 0.1) is 5.41 Å². The van der Waals surface area contributed by atoms with Crippen LogP contribution >= 0.6 is 0 Å². The van der Waals surface area contributed by atoms with Gasteiger partial charge in [0.2, 0.25) is 11.8 Å². The van der Waals surface area contributed by atoms with Gasteiger partial charge in [0.15, 0.2) is 0 Å². The van der Waals surface area contributed by atoms with Crippen molar-refractivity contribution in [2.45, 2.75) is 19.8 Å². The molecule has 1 aliphatic rings. The van der Waals surface area contributed by atoms with Crippen LogP contribution in [0, 0.1) is 5.41 Å². The second-order valence-corrected chi connectivity index (χ2v) is 4.04. The maximum Gasteiger partial charge on any atom is 0.228 e. The molecule has 4 nitrogen and oxygen atoms in total. The van der Waals surface area contributed by atoms with E-state index in [4.69, 9.17) is 0 Å². The Morgan fingerprint density at radius 3 is 2.62 bits per heavy atom. The van der Waals surface area contributed by atoms with Crippen molar-refractivity contribution in [1.29, 1.82) is 0 Å². The van der Waals surface area contributed by atoms with Gasteiger partial charge in [0, 0.05) is 27.1 Å². The summed E-state index contributed by atoms with van der Waals surface area (Å²) >= 11 is 0. The Bertz CT molecular complexity index is 238. The van der Waals surface area contributed by atoms with E-state index in [0.29, 0.717) is 13.0 Å². The van der Waals surface area contributed by atoms with Gasteiger partial charge in [-0.25, -0.2) is 0 Å². The molecule has 4 heteroatoms. The van der Waals surface area contributed by atoms with Crippen LogP contribution in [0.1, 0.15) is 19.8 Å². The molecule has 1 rings (SSSR count). The largest absolute Gasteiger partial charge is 0.356 e. The van der Waals surface area contributed by atoms with Crippen molar-refractivity contribution in [1.82, 2.24) is 10.2 Å². The Balaban J connectivity index is 2.74. The number of carbonyl (C=O) groups excluding carboxylic acids is 2. The molecule has 13 heavy (non-hydrogen) atoms. The molecule has 1 fully saturated rings. The first kappa shape index (κ1) is 10.0. The van der Waals surface area contributed by atoms with Gasteiger partial charge < -0.3 is 10.2 Å². The highest BCUT2D eigenvalue weighted by Crippen LogP contribution is 2.29. The van der Waals surface area contributed by atoms with E-state index in [9.17, 15) is 9.59 Å². The van der Waals surface area contributed by atoms with Crippen molar-refractivity contribution in [3.05, 3.63) is 0 Å². The van der Waals surface area contributed by atoms with Crippen molar-refractivity contribution >= 4 is 11.8 Å². The minimum atomic E-state index is -0.494. The lowest BCUT2D eigenvalue weighted by atomic mass is 9.79. The van der Waals surface area contributed by atoms with Crippen molar-refractivity contribution in [3.63, 3.8) is 0 Å². The van der Waals surface area contributed by atoms with Crippen LogP contribution in [0.4, 0.5) is 0 Å². The zero-order valence-electron chi connectivity index (χ0n) is 8.39. The Kier molecular flexibility index (Phi) is 2.59. The van der Waals surface area contributed by atoms with Gasteiger partial charge in [0.1, 0.15) is 0 Å². The summed E-state index contributed by atoms with van der Waals surface area (Å²) in [6.07, 6.45) is 1.04. The average molecular weight is 184 g/mol. The van der Waals surface area contributed by atoms with E-state index in [2.05, 4.69) is 5.32 Å². The fourth-order valence-corrected chi connectivity index (χ4v) is 1.71. The van der Waals surface area contributed by atoms with E-state index in [1.807, 2.05) is 6.92 Å². The number of hydrogen-bond donors (Lipinski definition) is 1. The summed E-state index contributed by atoms with van der Waals surface area (Å²) in [5.41, 5.74) is -0.494. The highest BCUT2D eigenvalue weighted by molar-refractivity contribution is 5.89. The zero-order valence-corrected chi connectivity index (χ0v) is 8.39. The molecule has 0 aromatic heterocycles. The first-order valence-electron chi connectivity index (χ1n) is 4.44. The standard InChI is InChI=1S/C9H16N2O2/c1-9(8(13)11(2)3)4-5-10-7(12)6-9/h4-6H2,1-3H3,(H,10,12). The lowest BCUT2D eigenvalue weighted by Gasteiger charge is -2.33. The number of hydrogen-bond acceptors (Lipinski definition) is 2. The summed E-state index contributed by atoms with van der Waals surface area (Å²) in [4.78, 5) is 24.4. The molecule has 1 saturated heterocycles. The van der Waals surface area contributed by atoms with Crippen molar-refractivity contribution in [2.24, 2.45) is 5.41 Å². The average Bonchev–Trinajstić information content (AvgIpc) is 2.02. The van der Waals surface area contributed by atoms with Crippen LogP contribution in [0.2, 0.25) is 0 Å². The second-order valence-electron chi connectivity index (χ2n) is 4.04. The van der Waals surface area contributed by atoms with Crippen LogP contribution in [-0.4, -0.2) is 37.4 Å². The van der Waals surface area contributed by atoms with Crippen LogP contribution in [-0.2, 0) is 9.59 Å². The van der Waals surface area contributed by atoms with E-state index >= 15 is 0 Å². The summed E-state index contributed by atoms with van der Waals surface area (Å²) in [6, 6.07) is 0. The summed E-state index contributed by atoms with van der Waals surface area (Å²) in [5.74, 6) is 0.0197. The van der Waals surface area contributed by atoms with Gasteiger partial charge in [-0.3, -0.25) is 9.59 Å². The third kappa shape index (κ3) is 1.99. The molecular weight excluding hydrogens is 168 g/mol. The fourth-order valence-electron chi connectivity index (χ4n) is 1.71. The normalized spacial score (nSPS) is 28.1. The quantitative estimate of drug-likeness (QED) is 0.623. The highest BCUT2D eigenvalue weighted by Gasteiger charge is 2.38. The summed E-state index contributed by atoms with van der Waals surface area (Å²) in [5, 5.41) is 2.72. The third-order valence-corrected chi connectivity index (χ3v) is 2.47. The zero-order chi connectivity index (χ0) is 10.1. The lowest BCUT2D eigenvalue weighted by molar-refractivity contribution is -0.144. The van der Waals surface area contributed by atoms with E-state index in [1.54, 1.807) is 19.0 Å². The summed E-state index contributed by atoms with van der Waals surface area (Å²) in [7, 11) is 3.44. The number of rotatable bonds is 1. The van der Waals surface area contributed by atoms with Crippen LogP contribution in [0.15, 0.2) is 0 Å². The van der Waals surface area contributed by atoms with Crippen LogP contribution in [0.3, 0.4) is 0 Å².